The summed E-state index contributed by atoms with van der Waals surface area (Å²) in [6.07, 6.45) is 1.62. The lowest BCUT2D eigenvalue weighted by molar-refractivity contribution is 0.0312. The highest BCUT2D eigenvalue weighted by atomic mass is 16.5. The fourth-order valence-electron chi connectivity index (χ4n) is 4.26. The number of nitrogens with zero attached hydrogens (tertiary/aromatic N) is 1. The summed E-state index contributed by atoms with van der Waals surface area (Å²) in [6.45, 7) is 6.89. The van der Waals surface area contributed by atoms with Crippen LogP contribution in [0.4, 0.5) is 0 Å². The van der Waals surface area contributed by atoms with E-state index in [0.29, 0.717) is 30.3 Å². The second kappa shape index (κ2) is 12.1. The fraction of sp³-hybridized carbons (Fsp3) is 0.538. The molecule has 1 saturated heterocycles. The number of aliphatic hydroxyl groups is 1. The Labute approximate surface area is 197 Å². The van der Waals surface area contributed by atoms with Crippen LogP contribution >= 0.6 is 0 Å². The summed E-state index contributed by atoms with van der Waals surface area (Å²) in [7, 11) is 4.81. The molecule has 2 aromatic carbocycles. The molecule has 3 rings (SSSR count). The monoisotopic (exact) mass is 459 g/mol. The Hall–Kier alpha value is -2.48. The maximum atomic E-state index is 10.8. The maximum absolute atomic E-state index is 10.8. The molecule has 0 spiro atoms. The number of benzene rings is 2. The number of rotatable bonds is 12. The van der Waals surface area contributed by atoms with Crippen LogP contribution in [0.1, 0.15) is 29.5 Å². The largest absolute Gasteiger partial charge is 0.493 e. The second-order valence-corrected chi connectivity index (χ2v) is 8.60. The molecule has 2 atom stereocenters. The van der Waals surface area contributed by atoms with E-state index in [2.05, 4.69) is 17.9 Å². The van der Waals surface area contributed by atoms with Gasteiger partial charge in [-0.1, -0.05) is 17.7 Å². The minimum Gasteiger partial charge on any atom is -0.493 e. The van der Waals surface area contributed by atoms with E-state index in [-0.39, 0.29) is 12.7 Å². The van der Waals surface area contributed by atoms with Crippen molar-refractivity contribution in [3.63, 3.8) is 0 Å². The average molecular weight is 460 g/mol. The van der Waals surface area contributed by atoms with Crippen molar-refractivity contribution < 1.29 is 28.8 Å². The molecule has 0 aliphatic carbocycles. The molecule has 0 amide bonds. The molecule has 0 saturated carbocycles. The Morgan fingerprint density at radius 2 is 1.76 bits per heavy atom. The van der Waals surface area contributed by atoms with Gasteiger partial charge in [0.2, 0.25) is 5.75 Å². The zero-order chi connectivity index (χ0) is 23.8. The molecule has 2 aromatic rings. The van der Waals surface area contributed by atoms with Crippen molar-refractivity contribution in [2.24, 2.45) is 0 Å². The number of methoxy groups -OCH3 is 3. The highest BCUT2D eigenvalue weighted by Crippen LogP contribution is 2.38. The lowest BCUT2D eigenvalue weighted by Crippen LogP contribution is -2.39. The Kier molecular flexibility index (Phi) is 9.23. The van der Waals surface area contributed by atoms with E-state index < -0.39 is 6.10 Å². The van der Waals surface area contributed by atoms with Crippen molar-refractivity contribution in [3.05, 3.63) is 47.0 Å². The molecule has 1 aliphatic heterocycles. The third kappa shape index (κ3) is 7.00. The summed E-state index contributed by atoms with van der Waals surface area (Å²) in [5.74, 6) is 2.59. The molecular weight excluding hydrogens is 422 g/mol. The minimum absolute atomic E-state index is 0.166. The average Bonchev–Trinajstić information content (AvgIpc) is 3.30. The third-order valence-electron chi connectivity index (χ3n) is 5.85. The van der Waals surface area contributed by atoms with E-state index in [9.17, 15) is 5.11 Å². The fourth-order valence-corrected chi connectivity index (χ4v) is 4.26. The van der Waals surface area contributed by atoms with Crippen LogP contribution in [-0.2, 0) is 11.3 Å². The summed E-state index contributed by atoms with van der Waals surface area (Å²) in [5.41, 5.74) is 3.26. The predicted octanol–water partition coefficient (Wildman–Crippen LogP) is 3.75. The topological polar surface area (TPSA) is 69.6 Å². The van der Waals surface area contributed by atoms with E-state index in [1.54, 1.807) is 21.3 Å². The van der Waals surface area contributed by atoms with Crippen molar-refractivity contribution >= 4 is 0 Å². The number of ether oxygens (including phenoxy) is 5. The van der Waals surface area contributed by atoms with Crippen LogP contribution in [0, 0.1) is 13.8 Å². The molecule has 1 aliphatic rings. The van der Waals surface area contributed by atoms with Gasteiger partial charge in [0, 0.05) is 26.2 Å². The third-order valence-corrected chi connectivity index (χ3v) is 5.85. The lowest BCUT2D eigenvalue weighted by Gasteiger charge is -2.28. The first-order valence-corrected chi connectivity index (χ1v) is 11.4. The Bertz CT molecular complexity index is 871. The van der Waals surface area contributed by atoms with Gasteiger partial charge >= 0.3 is 0 Å². The van der Waals surface area contributed by atoms with Gasteiger partial charge in [0.15, 0.2) is 11.5 Å². The van der Waals surface area contributed by atoms with Crippen LogP contribution in [0.25, 0.3) is 0 Å². The summed E-state index contributed by atoms with van der Waals surface area (Å²) in [6, 6.07) is 9.95. The molecular formula is C26H37NO6. The van der Waals surface area contributed by atoms with Crippen LogP contribution in [0.3, 0.4) is 0 Å². The molecule has 1 fully saturated rings. The van der Waals surface area contributed by atoms with Gasteiger partial charge in [0.1, 0.15) is 18.5 Å². The Morgan fingerprint density at radius 1 is 1.03 bits per heavy atom. The van der Waals surface area contributed by atoms with Crippen LogP contribution in [-0.4, -0.2) is 69.8 Å². The number of hydrogen-bond donors (Lipinski definition) is 1. The second-order valence-electron chi connectivity index (χ2n) is 8.60. The van der Waals surface area contributed by atoms with Crippen LogP contribution < -0.4 is 18.9 Å². The molecule has 182 valence electrons. The van der Waals surface area contributed by atoms with Gasteiger partial charge in [-0.2, -0.15) is 0 Å². The van der Waals surface area contributed by atoms with Gasteiger partial charge in [-0.05, 0) is 56.0 Å². The number of hydrogen-bond acceptors (Lipinski definition) is 7. The zero-order valence-corrected chi connectivity index (χ0v) is 20.4. The molecule has 0 bridgehead atoms. The summed E-state index contributed by atoms with van der Waals surface area (Å²) in [5, 5.41) is 10.8. The van der Waals surface area contributed by atoms with Crippen molar-refractivity contribution in [3.8, 4) is 23.0 Å². The van der Waals surface area contributed by atoms with Gasteiger partial charge in [-0.15, -0.1) is 0 Å². The highest BCUT2D eigenvalue weighted by Gasteiger charge is 2.23. The van der Waals surface area contributed by atoms with Gasteiger partial charge in [0.05, 0.1) is 27.4 Å². The quantitative estimate of drug-likeness (QED) is 0.518. The van der Waals surface area contributed by atoms with Crippen LogP contribution in [0.2, 0.25) is 0 Å². The van der Waals surface area contributed by atoms with Crippen molar-refractivity contribution in [1.29, 1.82) is 0 Å². The van der Waals surface area contributed by atoms with E-state index >= 15 is 0 Å². The zero-order valence-electron chi connectivity index (χ0n) is 20.4. The van der Waals surface area contributed by atoms with Crippen LogP contribution in [0.5, 0.6) is 23.0 Å². The van der Waals surface area contributed by atoms with Gasteiger partial charge in [-0.25, -0.2) is 0 Å². The van der Waals surface area contributed by atoms with Crippen LogP contribution in [0.15, 0.2) is 30.3 Å². The maximum Gasteiger partial charge on any atom is 0.203 e. The first-order chi connectivity index (χ1) is 15.9. The Balaban J connectivity index is 1.70. The smallest absolute Gasteiger partial charge is 0.203 e. The predicted molar refractivity (Wildman–Crippen MR) is 128 cm³/mol. The summed E-state index contributed by atoms with van der Waals surface area (Å²) < 4.78 is 28.2. The Morgan fingerprint density at radius 3 is 2.33 bits per heavy atom. The van der Waals surface area contributed by atoms with Crippen molar-refractivity contribution in [2.45, 2.75) is 45.4 Å². The number of aliphatic hydroxyl groups excluding tert-OH is 1. The lowest BCUT2D eigenvalue weighted by atomic mass is 10.1. The minimum atomic E-state index is -0.644. The molecule has 33 heavy (non-hydrogen) atoms. The van der Waals surface area contributed by atoms with Gasteiger partial charge in [0.25, 0.3) is 0 Å². The molecule has 1 heterocycles. The van der Waals surface area contributed by atoms with Crippen molar-refractivity contribution in [1.82, 2.24) is 4.90 Å². The first-order valence-electron chi connectivity index (χ1n) is 11.4. The molecule has 0 aromatic heterocycles. The van der Waals surface area contributed by atoms with E-state index in [4.69, 9.17) is 23.7 Å². The van der Waals surface area contributed by atoms with Gasteiger partial charge < -0.3 is 28.8 Å². The van der Waals surface area contributed by atoms with Crippen molar-refractivity contribution in [2.75, 3.05) is 47.6 Å². The first kappa shape index (κ1) is 25.1. The molecule has 7 heteroatoms. The normalized spacial score (nSPS) is 16.6. The van der Waals surface area contributed by atoms with E-state index in [1.807, 2.05) is 31.2 Å². The summed E-state index contributed by atoms with van der Waals surface area (Å²) in [4.78, 5) is 2.20. The molecule has 1 N–H and O–H groups in total. The molecule has 0 radical (unpaired) electrons. The molecule has 2 unspecified atom stereocenters. The summed E-state index contributed by atoms with van der Waals surface area (Å²) >= 11 is 0. The standard InChI is InChI=1S/C26H37NO6/c1-18-8-9-23(19(2)11-18)33-17-21(28)15-27(16-22-7-6-10-32-22)14-20-12-24(29-3)26(31-5)25(13-20)30-4/h8-9,11-13,21-22,28H,6-7,10,14-17H2,1-5H3. The number of aryl methyl sites for hydroxylation is 2. The molecule has 7 nitrogen and oxygen atoms in total. The van der Waals surface area contributed by atoms with E-state index in [0.717, 1.165) is 42.9 Å². The van der Waals surface area contributed by atoms with E-state index in [1.165, 1.54) is 5.56 Å². The SMILES string of the molecule is COc1cc(CN(CC(O)COc2ccc(C)cc2C)CC2CCCO2)cc(OC)c1OC. The highest BCUT2D eigenvalue weighted by molar-refractivity contribution is 5.53. The van der Waals surface area contributed by atoms with Gasteiger partial charge in [-0.3, -0.25) is 4.90 Å².